The normalized spacial score (nSPS) is 10.8. The van der Waals surface area contributed by atoms with E-state index in [1.165, 1.54) is 16.2 Å². The Balaban J connectivity index is 1.70. The van der Waals surface area contributed by atoms with Crippen molar-refractivity contribution < 1.29 is 4.79 Å². The van der Waals surface area contributed by atoms with Crippen LogP contribution in [0.3, 0.4) is 0 Å². The molecule has 3 aromatic rings. The first-order valence-electron chi connectivity index (χ1n) is 7.63. The molecule has 3 rings (SSSR count). The maximum absolute atomic E-state index is 12.5. The number of amides is 1. The third-order valence-corrected chi connectivity index (χ3v) is 5.57. The van der Waals surface area contributed by atoms with Crippen LogP contribution in [-0.4, -0.2) is 32.4 Å². The van der Waals surface area contributed by atoms with Crippen LogP contribution in [0.4, 0.5) is 0 Å². The SMILES string of the molecule is CCc1nc(-c2ncccn2)sc1C(=O)NCCc1scnc1C. The zero-order valence-electron chi connectivity index (χ0n) is 13.4. The van der Waals surface area contributed by atoms with Gasteiger partial charge in [0.25, 0.3) is 5.91 Å². The summed E-state index contributed by atoms with van der Waals surface area (Å²) in [7, 11) is 0. The average molecular weight is 359 g/mol. The van der Waals surface area contributed by atoms with Crippen molar-refractivity contribution in [3.05, 3.63) is 45.1 Å². The molecule has 0 aliphatic carbocycles. The molecule has 6 nitrogen and oxygen atoms in total. The van der Waals surface area contributed by atoms with Crippen LogP contribution in [0, 0.1) is 6.92 Å². The Morgan fingerprint density at radius 1 is 1.25 bits per heavy atom. The van der Waals surface area contributed by atoms with Gasteiger partial charge in [-0.15, -0.1) is 22.7 Å². The fourth-order valence-corrected chi connectivity index (χ4v) is 4.01. The minimum Gasteiger partial charge on any atom is -0.351 e. The Labute approximate surface area is 148 Å². The number of hydrogen-bond donors (Lipinski definition) is 1. The number of carbonyl (C=O) groups excluding carboxylic acids is 1. The van der Waals surface area contributed by atoms with Crippen molar-refractivity contribution in [2.24, 2.45) is 0 Å². The molecule has 3 aromatic heterocycles. The van der Waals surface area contributed by atoms with Crippen molar-refractivity contribution in [2.45, 2.75) is 26.7 Å². The van der Waals surface area contributed by atoms with E-state index in [0.717, 1.165) is 17.8 Å². The summed E-state index contributed by atoms with van der Waals surface area (Å²) >= 11 is 2.96. The van der Waals surface area contributed by atoms with E-state index >= 15 is 0 Å². The van der Waals surface area contributed by atoms with E-state index in [-0.39, 0.29) is 5.91 Å². The molecule has 0 aliphatic rings. The van der Waals surface area contributed by atoms with Crippen molar-refractivity contribution in [3.63, 3.8) is 0 Å². The van der Waals surface area contributed by atoms with Gasteiger partial charge < -0.3 is 5.32 Å². The highest BCUT2D eigenvalue weighted by Gasteiger charge is 2.18. The summed E-state index contributed by atoms with van der Waals surface area (Å²) in [6, 6.07) is 1.76. The number of hydrogen-bond acceptors (Lipinski definition) is 7. The quantitative estimate of drug-likeness (QED) is 0.732. The maximum atomic E-state index is 12.5. The van der Waals surface area contributed by atoms with Crippen molar-refractivity contribution in [2.75, 3.05) is 6.54 Å². The van der Waals surface area contributed by atoms with Gasteiger partial charge in [0.15, 0.2) is 10.8 Å². The van der Waals surface area contributed by atoms with E-state index in [1.807, 2.05) is 19.4 Å². The second-order valence-electron chi connectivity index (χ2n) is 5.09. The standard InChI is InChI=1S/C16H17N5OS2/c1-3-11-13(24-16(21-11)14-17-6-4-7-18-14)15(22)19-8-5-12-10(2)20-9-23-12/h4,6-7,9H,3,5,8H2,1-2H3,(H,19,22). The summed E-state index contributed by atoms with van der Waals surface area (Å²) in [4.78, 5) is 31.5. The fraction of sp³-hybridized carbons (Fsp3) is 0.312. The Morgan fingerprint density at radius 2 is 2.04 bits per heavy atom. The average Bonchev–Trinajstić information content (AvgIpc) is 3.22. The molecule has 0 radical (unpaired) electrons. The topological polar surface area (TPSA) is 80.7 Å². The number of nitrogens with one attached hydrogen (secondary N) is 1. The molecule has 0 atom stereocenters. The van der Waals surface area contributed by atoms with Crippen molar-refractivity contribution in [3.8, 4) is 10.8 Å². The molecular formula is C16H17N5OS2. The fourth-order valence-electron chi connectivity index (χ4n) is 2.21. The van der Waals surface area contributed by atoms with Crippen LogP contribution in [0.25, 0.3) is 10.8 Å². The highest BCUT2D eigenvalue weighted by Crippen LogP contribution is 2.26. The first-order chi connectivity index (χ1) is 11.7. The zero-order chi connectivity index (χ0) is 16.9. The number of aromatic nitrogens is 4. The molecule has 0 saturated heterocycles. The van der Waals surface area contributed by atoms with Gasteiger partial charge in [0.1, 0.15) is 4.88 Å². The molecule has 0 aromatic carbocycles. The highest BCUT2D eigenvalue weighted by atomic mass is 32.1. The van der Waals surface area contributed by atoms with Gasteiger partial charge >= 0.3 is 0 Å². The first kappa shape index (κ1) is 16.7. The molecule has 0 saturated carbocycles. The lowest BCUT2D eigenvalue weighted by atomic mass is 10.2. The molecule has 0 unspecified atom stereocenters. The smallest absolute Gasteiger partial charge is 0.263 e. The van der Waals surface area contributed by atoms with E-state index in [2.05, 4.69) is 25.3 Å². The van der Waals surface area contributed by atoms with Gasteiger partial charge in [-0.1, -0.05) is 6.92 Å². The van der Waals surface area contributed by atoms with Gasteiger partial charge in [0.2, 0.25) is 0 Å². The van der Waals surface area contributed by atoms with Crippen LogP contribution in [0.2, 0.25) is 0 Å². The highest BCUT2D eigenvalue weighted by molar-refractivity contribution is 7.17. The number of rotatable bonds is 6. The molecule has 3 heterocycles. The predicted octanol–water partition coefficient (Wildman–Crippen LogP) is 2.90. The van der Waals surface area contributed by atoms with Gasteiger partial charge in [-0.05, 0) is 19.4 Å². The minimum atomic E-state index is -0.0892. The lowest BCUT2D eigenvalue weighted by Crippen LogP contribution is -2.25. The van der Waals surface area contributed by atoms with E-state index in [1.54, 1.807) is 29.8 Å². The van der Waals surface area contributed by atoms with E-state index < -0.39 is 0 Å². The molecule has 0 spiro atoms. The third kappa shape index (κ3) is 3.65. The molecule has 0 aliphatic heterocycles. The first-order valence-corrected chi connectivity index (χ1v) is 9.33. The van der Waals surface area contributed by atoms with Gasteiger partial charge in [0, 0.05) is 30.2 Å². The van der Waals surface area contributed by atoms with Gasteiger partial charge in [-0.3, -0.25) is 4.79 Å². The van der Waals surface area contributed by atoms with Crippen molar-refractivity contribution in [1.82, 2.24) is 25.3 Å². The van der Waals surface area contributed by atoms with Crippen LogP contribution in [-0.2, 0) is 12.8 Å². The summed E-state index contributed by atoms with van der Waals surface area (Å²) < 4.78 is 0. The van der Waals surface area contributed by atoms with Crippen LogP contribution in [0.5, 0.6) is 0 Å². The molecule has 8 heteroatoms. The monoisotopic (exact) mass is 359 g/mol. The molecule has 1 N–H and O–H groups in total. The summed E-state index contributed by atoms with van der Waals surface area (Å²) in [6.07, 6.45) is 4.83. The molecule has 24 heavy (non-hydrogen) atoms. The molecular weight excluding hydrogens is 342 g/mol. The van der Waals surface area contributed by atoms with Gasteiger partial charge in [-0.2, -0.15) is 0 Å². The second kappa shape index (κ2) is 7.59. The van der Waals surface area contributed by atoms with Crippen LogP contribution in [0.15, 0.2) is 24.0 Å². The predicted molar refractivity (Wildman–Crippen MR) is 95.4 cm³/mol. The van der Waals surface area contributed by atoms with Crippen LogP contribution >= 0.6 is 22.7 Å². The zero-order valence-corrected chi connectivity index (χ0v) is 15.1. The second-order valence-corrected chi connectivity index (χ2v) is 7.03. The minimum absolute atomic E-state index is 0.0892. The summed E-state index contributed by atoms with van der Waals surface area (Å²) in [5, 5.41) is 3.65. The third-order valence-electron chi connectivity index (χ3n) is 3.48. The lowest BCUT2D eigenvalue weighted by molar-refractivity contribution is 0.0957. The van der Waals surface area contributed by atoms with Crippen LogP contribution in [0.1, 0.15) is 32.9 Å². The number of thiazole rings is 2. The van der Waals surface area contributed by atoms with E-state index in [9.17, 15) is 4.79 Å². The summed E-state index contributed by atoms with van der Waals surface area (Å²) in [5.41, 5.74) is 3.65. The molecule has 124 valence electrons. The van der Waals surface area contributed by atoms with Gasteiger partial charge in [0.05, 0.1) is 16.9 Å². The Bertz CT molecular complexity index is 828. The lowest BCUT2D eigenvalue weighted by Gasteiger charge is -2.03. The van der Waals surface area contributed by atoms with E-state index in [0.29, 0.717) is 28.7 Å². The molecule has 0 fully saturated rings. The molecule has 0 bridgehead atoms. The largest absolute Gasteiger partial charge is 0.351 e. The summed E-state index contributed by atoms with van der Waals surface area (Å²) in [6.45, 7) is 4.56. The number of aryl methyl sites for hydroxylation is 2. The van der Waals surface area contributed by atoms with Crippen LogP contribution < -0.4 is 5.32 Å². The Hall–Kier alpha value is -2.19. The van der Waals surface area contributed by atoms with Crippen molar-refractivity contribution >= 4 is 28.6 Å². The number of carbonyl (C=O) groups is 1. The Kier molecular flexibility index (Phi) is 5.27. The van der Waals surface area contributed by atoms with E-state index in [4.69, 9.17) is 0 Å². The molecule has 1 amide bonds. The maximum Gasteiger partial charge on any atom is 0.263 e. The van der Waals surface area contributed by atoms with Gasteiger partial charge in [-0.25, -0.2) is 19.9 Å². The Morgan fingerprint density at radius 3 is 2.71 bits per heavy atom. The van der Waals surface area contributed by atoms with Crippen molar-refractivity contribution in [1.29, 1.82) is 0 Å². The summed E-state index contributed by atoms with van der Waals surface area (Å²) in [5.74, 6) is 0.463. The number of nitrogens with zero attached hydrogens (tertiary/aromatic N) is 4.